The molecule has 0 spiro atoms. The first-order chi connectivity index (χ1) is 8.00. The maximum absolute atomic E-state index is 4.43. The average Bonchev–Trinajstić information content (AvgIpc) is 2.82. The van der Waals surface area contributed by atoms with Gasteiger partial charge in [-0.15, -0.1) is 11.3 Å². The summed E-state index contributed by atoms with van der Waals surface area (Å²) in [6.07, 6.45) is 6.39. The van der Waals surface area contributed by atoms with Gasteiger partial charge >= 0.3 is 0 Å². The minimum atomic E-state index is 0.225. The topological polar surface area (TPSA) is 17.8 Å². The monoisotopic (exact) mass is 248 g/mol. The molecule has 0 aliphatic carbocycles. The highest BCUT2D eigenvalue weighted by Gasteiger charge is 2.16. The van der Waals surface area contributed by atoms with E-state index in [0.717, 1.165) is 6.42 Å². The summed E-state index contributed by atoms with van der Waals surface area (Å²) >= 11 is 1.82. The molecule has 0 atom stereocenters. The minimum absolute atomic E-state index is 0.225. The third-order valence-corrected chi connectivity index (χ3v) is 4.23. The summed E-state index contributed by atoms with van der Waals surface area (Å²) in [6.45, 7) is 8.93. The van der Waals surface area contributed by atoms with E-state index in [1.165, 1.54) is 21.9 Å². The summed E-state index contributed by atoms with van der Waals surface area (Å²) in [6, 6.07) is 4.37. The first-order valence-electron chi connectivity index (χ1n) is 6.15. The summed E-state index contributed by atoms with van der Waals surface area (Å²) in [5.74, 6) is 0. The highest BCUT2D eigenvalue weighted by atomic mass is 32.1. The van der Waals surface area contributed by atoms with Gasteiger partial charge in [-0.25, -0.2) is 4.68 Å². The van der Waals surface area contributed by atoms with E-state index in [1.54, 1.807) is 0 Å². The van der Waals surface area contributed by atoms with Gasteiger partial charge in [-0.3, -0.25) is 0 Å². The number of rotatable bonds is 3. The van der Waals surface area contributed by atoms with E-state index in [4.69, 9.17) is 0 Å². The molecule has 0 saturated carbocycles. The summed E-state index contributed by atoms with van der Waals surface area (Å²) in [5.41, 5.74) is 1.54. The molecule has 2 heterocycles. The normalized spacial score (nSPS) is 12.0. The lowest BCUT2D eigenvalue weighted by molar-refractivity contribution is 0.604. The zero-order valence-corrected chi connectivity index (χ0v) is 11.8. The van der Waals surface area contributed by atoms with Gasteiger partial charge in [-0.2, -0.15) is 5.10 Å². The fourth-order valence-corrected chi connectivity index (χ4v) is 2.75. The van der Waals surface area contributed by atoms with Crippen LogP contribution in [0.2, 0.25) is 0 Å². The van der Waals surface area contributed by atoms with Crippen LogP contribution < -0.4 is 0 Å². The molecule has 92 valence electrons. The third-order valence-electron chi connectivity index (χ3n) is 2.73. The molecule has 0 aromatic carbocycles. The van der Waals surface area contributed by atoms with Crippen LogP contribution in [0.3, 0.4) is 0 Å². The zero-order chi connectivity index (χ0) is 12.5. The lowest BCUT2D eigenvalue weighted by Crippen LogP contribution is -2.07. The lowest BCUT2D eigenvalue weighted by Gasteiger charge is -2.15. The Kier molecular flexibility index (Phi) is 3.38. The molecule has 0 saturated heterocycles. The molecule has 0 N–H and O–H groups in total. The molecule has 0 radical (unpaired) electrons. The van der Waals surface area contributed by atoms with Crippen LogP contribution in [0.1, 0.15) is 44.6 Å². The predicted octanol–water partition coefficient (Wildman–Crippen LogP) is 4.18. The Hall–Kier alpha value is -1.09. The molecule has 3 heteroatoms. The fourth-order valence-electron chi connectivity index (χ4n) is 1.75. The van der Waals surface area contributed by atoms with Gasteiger partial charge in [0.25, 0.3) is 0 Å². The largest absolute Gasteiger partial charge is 0.231 e. The molecule has 0 amide bonds. The average molecular weight is 248 g/mol. The Morgan fingerprint density at radius 1 is 1.29 bits per heavy atom. The van der Waals surface area contributed by atoms with Gasteiger partial charge in [0, 0.05) is 11.1 Å². The predicted molar refractivity (Wildman–Crippen MR) is 74.1 cm³/mol. The van der Waals surface area contributed by atoms with Gasteiger partial charge in [0.15, 0.2) is 0 Å². The second-order valence-electron chi connectivity index (χ2n) is 5.43. The molecule has 17 heavy (non-hydrogen) atoms. The molecular formula is C14H20N2S. The first kappa shape index (κ1) is 12.4. The van der Waals surface area contributed by atoms with Crippen molar-refractivity contribution in [1.82, 2.24) is 9.78 Å². The maximum Gasteiger partial charge on any atom is 0.117 e. The van der Waals surface area contributed by atoms with E-state index < -0.39 is 0 Å². The maximum atomic E-state index is 4.43. The van der Waals surface area contributed by atoms with Crippen molar-refractivity contribution in [2.24, 2.45) is 0 Å². The van der Waals surface area contributed by atoms with Gasteiger partial charge in [-0.1, -0.05) is 34.1 Å². The Morgan fingerprint density at radius 2 is 2.06 bits per heavy atom. The molecule has 2 aromatic heterocycles. The van der Waals surface area contributed by atoms with Crippen LogP contribution in [0.4, 0.5) is 0 Å². The van der Waals surface area contributed by atoms with E-state index in [-0.39, 0.29) is 5.41 Å². The number of nitrogens with zero attached hydrogens (tertiary/aromatic N) is 2. The summed E-state index contributed by atoms with van der Waals surface area (Å²) in [7, 11) is 0. The SMILES string of the molecule is CCCc1cnn(-c2ccc(C(C)(C)C)s2)c1. The second kappa shape index (κ2) is 4.65. The van der Waals surface area contributed by atoms with E-state index in [0.29, 0.717) is 0 Å². The molecular weight excluding hydrogens is 228 g/mol. The summed E-state index contributed by atoms with van der Waals surface area (Å²) < 4.78 is 1.99. The molecule has 0 aliphatic rings. The van der Waals surface area contributed by atoms with Crippen molar-refractivity contribution in [3.05, 3.63) is 35.0 Å². The Morgan fingerprint density at radius 3 is 2.65 bits per heavy atom. The van der Waals surface area contributed by atoms with Crippen LogP contribution in [0, 0.1) is 0 Å². The van der Waals surface area contributed by atoms with Crippen molar-refractivity contribution in [2.75, 3.05) is 0 Å². The molecule has 2 aromatic rings. The molecule has 2 nitrogen and oxygen atoms in total. The number of aryl methyl sites for hydroxylation is 1. The fraction of sp³-hybridized carbons (Fsp3) is 0.500. The van der Waals surface area contributed by atoms with Crippen LogP contribution in [0.5, 0.6) is 0 Å². The van der Waals surface area contributed by atoms with Crippen LogP contribution in [-0.2, 0) is 11.8 Å². The van der Waals surface area contributed by atoms with E-state index in [1.807, 2.05) is 22.2 Å². The number of hydrogen-bond donors (Lipinski definition) is 0. The number of hydrogen-bond acceptors (Lipinski definition) is 2. The second-order valence-corrected chi connectivity index (χ2v) is 6.49. The quantitative estimate of drug-likeness (QED) is 0.796. The lowest BCUT2D eigenvalue weighted by atomic mass is 9.95. The molecule has 0 bridgehead atoms. The standard InChI is InChI=1S/C14H20N2S/c1-5-6-11-9-15-16(10-11)13-8-7-12(17-13)14(2,3)4/h7-10H,5-6H2,1-4H3. The van der Waals surface area contributed by atoms with Gasteiger partial charge < -0.3 is 0 Å². The van der Waals surface area contributed by atoms with E-state index in [9.17, 15) is 0 Å². The summed E-state index contributed by atoms with van der Waals surface area (Å²) in [5, 5.41) is 5.63. The van der Waals surface area contributed by atoms with Crippen molar-refractivity contribution in [2.45, 2.75) is 46.0 Å². The Labute approximate surface area is 107 Å². The van der Waals surface area contributed by atoms with Crippen molar-refractivity contribution >= 4 is 11.3 Å². The number of aromatic nitrogens is 2. The van der Waals surface area contributed by atoms with Crippen molar-refractivity contribution in [3.8, 4) is 5.00 Å². The van der Waals surface area contributed by atoms with Crippen molar-refractivity contribution < 1.29 is 0 Å². The van der Waals surface area contributed by atoms with Gasteiger partial charge in [0.2, 0.25) is 0 Å². The zero-order valence-electron chi connectivity index (χ0n) is 11.0. The third kappa shape index (κ3) is 2.78. The molecule has 0 aliphatic heterocycles. The first-order valence-corrected chi connectivity index (χ1v) is 6.96. The molecule has 2 rings (SSSR count). The van der Waals surface area contributed by atoms with Crippen molar-refractivity contribution in [1.29, 1.82) is 0 Å². The van der Waals surface area contributed by atoms with E-state index >= 15 is 0 Å². The Bertz CT molecular complexity index is 488. The Balaban J connectivity index is 2.24. The van der Waals surface area contributed by atoms with Gasteiger partial charge in [0.1, 0.15) is 5.00 Å². The van der Waals surface area contributed by atoms with Crippen LogP contribution in [0.15, 0.2) is 24.5 Å². The van der Waals surface area contributed by atoms with Gasteiger partial charge in [-0.05, 0) is 29.5 Å². The highest BCUT2D eigenvalue weighted by Crippen LogP contribution is 2.31. The highest BCUT2D eigenvalue weighted by molar-refractivity contribution is 7.14. The summed E-state index contributed by atoms with van der Waals surface area (Å²) in [4.78, 5) is 1.40. The number of thiophene rings is 1. The van der Waals surface area contributed by atoms with Crippen LogP contribution >= 0.6 is 11.3 Å². The van der Waals surface area contributed by atoms with Crippen LogP contribution in [0.25, 0.3) is 5.00 Å². The molecule has 0 unspecified atom stereocenters. The van der Waals surface area contributed by atoms with Gasteiger partial charge in [0.05, 0.1) is 6.20 Å². The van der Waals surface area contributed by atoms with E-state index in [2.05, 4.69) is 51.1 Å². The molecule has 0 fully saturated rings. The minimum Gasteiger partial charge on any atom is -0.231 e. The van der Waals surface area contributed by atoms with Crippen LogP contribution in [-0.4, -0.2) is 9.78 Å². The van der Waals surface area contributed by atoms with Crippen molar-refractivity contribution in [3.63, 3.8) is 0 Å². The smallest absolute Gasteiger partial charge is 0.117 e.